The maximum absolute atomic E-state index is 14.7. The Bertz CT molecular complexity index is 1740. The number of carbonyl (C=O) groups excluding carboxylic acids is 1. The molecule has 0 bridgehead atoms. The second-order valence-corrected chi connectivity index (χ2v) is 13.6. The molecule has 7 rings (SSSR count). The number of amides is 1. The highest BCUT2D eigenvalue weighted by Crippen LogP contribution is 2.47. The molecule has 0 spiro atoms. The zero-order chi connectivity index (χ0) is 32.7. The Morgan fingerprint density at radius 1 is 1.15 bits per heavy atom. The lowest BCUT2D eigenvalue weighted by Gasteiger charge is -2.42. The van der Waals surface area contributed by atoms with Crippen molar-refractivity contribution in [1.82, 2.24) is 19.8 Å². The first-order valence-electron chi connectivity index (χ1n) is 16.6. The summed E-state index contributed by atoms with van der Waals surface area (Å²) in [5.74, 6) is 0.375. The predicted molar refractivity (Wildman–Crippen MR) is 177 cm³/mol. The third-order valence-corrected chi connectivity index (χ3v) is 10.4. The summed E-state index contributed by atoms with van der Waals surface area (Å²) < 4.78 is 35.0. The molecule has 1 amide bonds. The Labute approximate surface area is 274 Å². The number of alkyl halides is 1. The maximum atomic E-state index is 14.7. The number of nitriles is 1. The van der Waals surface area contributed by atoms with Crippen LogP contribution in [0.1, 0.15) is 42.5 Å². The highest BCUT2D eigenvalue weighted by atomic mass is 19.1. The number of rotatable bonds is 9. The highest BCUT2D eigenvalue weighted by molar-refractivity contribution is 5.97. The van der Waals surface area contributed by atoms with Crippen LogP contribution >= 0.6 is 0 Å². The number of nitrogens with zero attached hydrogens (tertiary/aromatic N) is 7. The largest absolute Gasteiger partial charge is 0.463 e. The first-order valence-corrected chi connectivity index (χ1v) is 16.6. The number of aromatic nitrogens is 2. The maximum Gasteiger partial charge on any atom is 0.318 e. The molecule has 3 aliphatic heterocycles. The molecule has 0 radical (unpaired) electrons. The highest BCUT2D eigenvalue weighted by Gasteiger charge is 2.46. The number of anilines is 2. The van der Waals surface area contributed by atoms with E-state index in [0.29, 0.717) is 70.3 Å². The van der Waals surface area contributed by atoms with Crippen molar-refractivity contribution in [3.63, 3.8) is 0 Å². The Hall–Kier alpha value is -4.30. The lowest BCUT2D eigenvalue weighted by atomic mass is 9.99. The van der Waals surface area contributed by atoms with E-state index in [-0.39, 0.29) is 29.6 Å². The number of aryl methyl sites for hydroxylation is 1. The zero-order valence-electron chi connectivity index (χ0n) is 26.9. The SMILES string of the molecule is C=CC(=O)N1CCN(c2nc(OCC3(CN4CCC(F)C4)CC3)nc3c2CCN(c2cccc4ccc(F)c(C)c24)C3)CC1CC#N. The number of hydrogen-bond acceptors (Lipinski definition) is 8. The number of fused-ring (bicyclic) bond motifs is 2. The molecule has 3 fully saturated rings. The second-order valence-electron chi connectivity index (χ2n) is 13.6. The lowest BCUT2D eigenvalue weighted by molar-refractivity contribution is -0.128. The fraction of sp³-hybridized carbons (Fsp3) is 0.500. The smallest absolute Gasteiger partial charge is 0.318 e. The molecule has 1 aromatic heterocycles. The van der Waals surface area contributed by atoms with E-state index in [1.54, 1.807) is 4.90 Å². The van der Waals surface area contributed by atoms with Crippen molar-refractivity contribution >= 4 is 28.2 Å². The normalized spacial score (nSPS) is 22.2. The molecule has 246 valence electrons. The summed E-state index contributed by atoms with van der Waals surface area (Å²) in [6.45, 7) is 10.7. The van der Waals surface area contributed by atoms with Gasteiger partial charge in [-0.2, -0.15) is 15.2 Å². The van der Waals surface area contributed by atoms with Gasteiger partial charge in [0.25, 0.3) is 0 Å². The van der Waals surface area contributed by atoms with Crippen LogP contribution in [0, 0.1) is 29.5 Å². The third-order valence-electron chi connectivity index (χ3n) is 10.4. The molecule has 47 heavy (non-hydrogen) atoms. The van der Waals surface area contributed by atoms with E-state index in [0.717, 1.165) is 59.5 Å². The number of likely N-dealkylation sites (tertiary alicyclic amines) is 1. The number of ether oxygens (including phenoxy) is 1. The van der Waals surface area contributed by atoms with E-state index < -0.39 is 6.17 Å². The molecule has 2 atom stereocenters. The Balaban J connectivity index is 1.20. The predicted octanol–water partition coefficient (Wildman–Crippen LogP) is 4.96. The van der Waals surface area contributed by atoms with Crippen molar-refractivity contribution in [1.29, 1.82) is 5.26 Å². The minimum absolute atomic E-state index is 0.0192. The number of piperazine rings is 1. The Kier molecular flexibility index (Phi) is 8.47. The van der Waals surface area contributed by atoms with Gasteiger partial charge >= 0.3 is 6.01 Å². The van der Waals surface area contributed by atoms with Gasteiger partial charge in [0, 0.05) is 67.9 Å². The molecule has 2 aromatic carbocycles. The van der Waals surface area contributed by atoms with Crippen molar-refractivity contribution < 1.29 is 18.3 Å². The van der Waals surface area contributed by atoms with Crippen molar-refractivity contribution in [3.05, 3.63) is 65.6 Å². The van der Waals surface area contributed by atoms with E-state index in [4.69, 9.17) is 14.7 Å². The van der Waals surface area contributed by atoms with E-state index in [1.165, 1.54) is 12.1 Å². The fourth-order valence-electron chi connectivity index (χ4n) is 7.58. The van der Waals surface area contributed by atoms with Crippen molar-refractivity contribution in [3.8, 4) is 12.1 Å². The number of hydrogen-bond donors (Lipinski definition) is 0. The first kappa shape index (κ1) is 31.3. The fourth-order valence-corrected chi connectivity index (χ4v) is 7.58. The first-order chi connectivity index (χ1) is 22.8. The van der Waals surface area contributed by atoms with Crippen LogP contribution in [0.2, 0.25) is 0 Å². The molecule has 11 heteroatoms. The van der Waals surface area contributed by atoms with Crippen LogP contribution in [0.15, 0.2) is 43.0 Å². The lowest BCUT2D eigenvalue weighted by Crippen LogP contribution is -2.55. The van der Waals surface area contributed by atoms with Gasteiger partial charge in [-0.3, -0.25) is 9.69 Å². The molecular weight excluding hydrogens is 600 g/mol. The zero-order valence-corrected chi connectivity index (χ0v) is 26.9. The van der Waals surface area contributed by atoms with Crippen LogP contribution in [-0.2, 0) is 17.8 Å². The van der Waals surface area contributed by atoms with E-state index in [9.17, 15) is 18.8 Å². The quantitative estimate of drug-likeness (QED) is 0.303. The topological polar surface area (TPSA) is 88.8 Å². The van der Waals surface area contributed by atoms with Crippen LogP contribution in [0.5, 0.6) is 6.01 Å². The van der Waals surface area contributed by atoms with Gasteiger partial charge < -0.3 is 19.4 Å². The molecule has 0 N–H and O–H groups in total. The van der Waals surface area contributed by atoms with E-state index in [1.807, 2.05) is 31.2 Å². The van der Waals surface area contributed by atoms with E-state index >= 15 is 0 Å². The number of carbonyl (C=O) groups is 1. The summed E-state index contributed by atoms with van der Waals surface area (Å²) >= 11 is 0. The van der Waals surface area contributed by atoms with Gasteiger partial charge in [0.1, 0.15) is 17.8 Å². The van der Waals surface area contributed by atoms with Gasteiger partial charge in [-0.25, -0.2) is 8.78 Å². The molecule has 2 saturated heterocycles. The Morgan fingerprint density at radius 2 is 2.00 bits per heavy atom. The summed E-state index contributed by atoms with van der Waals surface area (Å²) in [4.78, 5) is 30.9. The summed E-state index contributed by atoms with van der Waals surface area (Å²) in [5, 5.41) is 11.5. The van der Waals surface area contributed by atoms with Crippen LogP contribution in [-0.4, -0.2) is 90.3 Å². The van der Waals surface area contributed by atoms with Gasteiger partial charge in [-0.1, -0.05) is 24.8 Å². The van der Waals surface area contributed by atoms with Gasteiger partial charge in [-0.05, 0) is 61.8 Å². The summed E-state index contributed by atoms with van der Waals surface area (Å²) in [6, 6.07) is 11.6. The number of halogens is 2. The van der Waals surface area contributed by atoms with Crippen LogP contribution in [0.25, 0.3) is 10.8 Å². The number of benzene rings is 2. The van der Waals surface area contributed by atoms with Gasteiger partial charge in [-0.15, -0.1) is 0 Å². The van der Waals surface area contributed by atoms with Crippen LogP contribution in [0.4, 0.5) is 20.3 Å². The van der Waals surface area contributed by atoms with Gasteiger partial charge in [0.05, 0.1) is 37.4 Å². The summed E-state index contributed by atoms with van der Waals surface area (Å²) in [7, 11) is 0. The van der Waals surface area contributed by atoms with E-state index in [2.05, 4.69) is 27.3 Å². The standard InChI is InChI=1S/C36H41F2N7O2/c1-3-32(46)45-18-17-44(20-27(45)9-14-39)34-28-11-16-43(31-6-4-5-25-7-8-29(38)24(2)33(25)31)21-30(28)40-35(41-34)47-23-36(12-13-36)22-42-15-10-26(37)19-42/h3-8,26-27H,1,9-13,15-23H2,2H3. The molecule has 1 aliphatic carbocycles. The monoisotopic (exact) mass is 641 g/mol. The molecule has 4 aliphatic rings. The van der Waals surface area contributed by atoms with Crippen LogP contribution < -0.4 is 14.5 Å². The minimum Gasteiger partial charge on any atom is -0.463 e. The van der Waals surface area contributed by atoms with Gasteiger partial charge in [0.15, 0.2) is 0 Å². The van der Waals surface area contributed by atoms with Crippen molar-refractivity contribution in [2.45, 2.75) is 57.8 Å². The average Bonchev–Trinajstić information content (AvgIpc) is 3.73. The molecule has 4 heterocycles. The molecule has 1 saturated carbocycles. The van der Waals surface area contributed by atoms with Crippen LogP contribution in [0.3, 0.4) is 0 Å². The average molecular weight is 642 g/mol. The van der Waals surface area contributed by atoms with Crippen molar-refractivity contribution in [2.75, 3.05) is 62.2 Å². The second kappa shape index (κ2) is 12.7. The Morgan fingerprint density at radius 3 is 2.74 bits per heavy atom. The molecule has 3 aromatic rings. The molecule has 9 nitrogen and oxygen atoms in total. The van der Waals surface area contributed by atoms with Crippen molar-refractivity contribution in [2.24, 2.45) is 5.41 Å². The minimum atomic E-state index is -0.754. The molecule has 2 unspecified atom stereocenters. The third kappa shape index (κ3) is 6.23. The molecular formula is C36H41F2N7O2. The summed E-state index contributed by atoms with van der Waals surface area (Å²) in [6.07, 6.45) is 4.07. The summed E-state index contributed by atoms with van der Waals surface area (Å²) in [5.41, 5.74) is 3.46. The van der Waals surface area contributed by atoms with Gasteiger partial charge in [0.2, 0.25) is 5.91 Å².